The summed E-state index contributed by atoms with van der Waals surface area (Å²) in [6, 6.07) is 1.81. The van der Waals surface area contributed by atoms with Crippen molar-refractivity contribution in [1.29, 1.82) is 0 Å². The second-order valence-electron chi connectivity index (χ2n) is 4.76. The van der Waals surface area contributed by atoms with Gasteiger partial charge in [-0.05, 0) is 12.1 Å². The normalized spacial score (nSPS) is 14.0. The highest BCUT2D eigenvalue weighted by atomic mass is 19.2. The Morgan fingerprint density at radius 1 is 1.27 bits per heavy atom. The number of carboxylic acids is 1. The van der Waals surface area contributed by atoms with Crippen LogP contribution in [-0.2, 0) is 16.1 Å². The van der Waals surface area contributed by atoms with Gasteiger partial charge in [-0.15, -0.1) is 0 Å². The molecule has 0 saturated heterocycles. The number of carboxylic acid groups (broad SMARTS) is 1. The van der Waals surface area contributed by atoms with Crippen LogP contribution in [0.5, 0.6) is 0 Å². The summed E-state index contributed by atoms with van der Waals surface area (Å²) in [5.74, 6) is -3.65. The number of hydrogen-bond acceptors (Lipinski definition) is 5. The Balaban J connectivity index is 2.27. The molecule has 0 amide bonds. The molecule has 1 aromatic carbocycles. The Morgan fingerprint density at radius 2 is 1.95 bits per heavy atom. The first kappa shape index (κ1) is 14.3. The van der Waals surface area contributed by atoms with E-state index in [-0.39, 0.29) is 46.8 Å². The summed E-state index contributed by atoms with van der Waals surface area (Å²) < 4.78 is 32.1. The largest absolute Gasteiger partial charge is 0.480 e. The molecule has 2 heterocycles. The van der Waals surface area contributed by atoms with E-state index < -0.39 is 24.1 Å². The summed E-state index contributed by atoms with van der Waals surface area (Å²) in [6.07, 6.45) is 0. The van der Waals surface area contributed by atoms with Crippen molar-refractivity contribution in [3.63, 3.8) is 0 Å². The lowest BCUT2D eigenvalue weighted by Gasteiger charge is -2.19. The summed E-state index contributed by atoms with van der Waals surface area (Å²) in [4.78, 5) is 26.8. The Labute approximate surface area is 122 Å². The van der Waals surface area contributed by atoms with E-state index in [2.05, 4.69) is 10.3 Å². The Kier molecular flexibility index (Phi) is 3.45. The van der Waals surface area contributed by atoms with Crippen molar-refractivity contribution >= 4 is 28.3 Å². The van der Waals surface area contributed by atoms with Crippen LogP contribution in [0.4, 0.5) is 14.6 Å². The van der Waals surface area contributed by atoms with Crippen LogP contribution in [-0.4, -0.2) is 35.0 Å². The van der Waals surface area contributed by atoms with Crippen LogP contribution in [0, 0.1) is 11.6 Å². The fourth-order valence-electron chi connectivity index (χ4n) is 2.38. The molecule has 0 fully saturated rings. The monoisotopic (exact) mass is 308 g/mol. The number of anilines is 1. The molecule has 0 radical (unpaired) electrons. The lowest BCUT2D eigenvalue weighted by atomic mass is 9.98. The number of halogens is 2. The summed E-state index contributed by atoms with van der Waals surface area (Å²) in [5.41, 5.74) is 0.448. The number of fused-ring (bicyclic) bond motifs is 3. The predicted octanol–water partition coefficient (Wildman–Crippen LogP) is 1.72. The van der Waals surface area contributed by atoms with Gasteiger partial charge < -0.3 is 15.2 Å². The van der Waals surface area contributed by atoms with Crippen molar-refractivity contribution in [3.05, 3.63) is 35.0 Å². The molecule has 0 atom stereocenters. The molecule has 0 unspecified atom stereocenters. The molecule has 2 aromatic rings. The van der Waals surface area contributed by atoms with Crippen LogP contribution >= 0.6 is 0 Å². The lowest BCUT2D eigenvalue weighted by Crippen LogP contribution is -2.22. The predicted molar refractivity (Wildman–Crippen MR) is 71.8 cm³/mol. The van der Waals surface area contributed by atoms with E-state index >= 15 is 0 Å². The smallest absolute Gasteiger partial charge is 0.322 e. The fraction of sp³-hybridized carbons (Fsp3) is 0.214. The molecule has 22 heavy (non-hydrogen) atoms. The van der Waals surface area contributed by atoms with Gasteiger partial charge in [-0.3, -0.25) is 9.59 Å². The minimum atomic E-state index is -1.14. The first-order valence-corrected chi connectivity index (χ1v) is 6.35. The number of benzene rings is 1. The number of pyridine rings is 1. The van der Waals surface area contributed by atoms with Gasteiger partial charge in [0.15, 0.2) is 17.4 Å². The van der Waals surface area contributed by atoms with Crippen molar-refractivity contribution in [2.45, 2.75) is 6.61 Å². The van der Waals surface area contributed by atoms with Gasteiger partial charge in [0.2, 0.25) is 0 Å². The van der Waals surface area contributed by atoms with Crippen molar-refractivity contribution in [2.24, 2.45) is 0 Å². The Morgan fingerprint density at radius 3 is 2.64 bits per heavy atom. The molecule has 1 aliphatic rings. The van der Waals surface area contributed by atoms with Crippen LogP contribution in [0.3, 0.4) is 0 Å². The average molecular weight is 308 g/mol. The van der Waals surface area contributed by atoms with Crippen molar-refractivity contribution in [1.82, 2.24) is 4.98 Å². The van der Waals surface area contributed by atoms with Crippen LogP contribution in [0.2, 0.25) is 0 Å². The van der Waals surface area contributed by atoms with Crippen molar-refractivity contribution in [2.75, 3.05) is 18.5 Å². The number of carbonyl (C=O) groups is 2. The number of Topliss-reactive ketones (excluding diaryl/α,β-unsaturated/α-hetero) is 1. The van der Waals surface area contributed by atoms with Crippen LogP contribution in [0.1, 0.15) is 16.1 Å². The van der Waals surface area contributed by atoms with E-state index in [1.807, 2.05) is 0 Å². The van der Waals surface area contributed by atoms with E-state index in [1.54, 1.807) is 0 Å². The topological polar surface area (TPSA) is 88.5 Å². The van der Waals surface area contributed by atoms with Gasteiger partial charge in [-0.1, -0.05) is 0 Å². The minimum absolute atomic E-state index is 0.0394. The maximum atomic E-state index is 13.5. The highest BCUT2D eigenvalue weighted by molar-refractivity contribution is 6.12. The van der Waals surface area contributed by atoms with Crippen molar-refractivity contribution < 1.29 is 28.2 Å². The molecule has 0 aliphatic carbocycles. The van der Waals surface area contributed by atoms with Gasteiger partial charge in [0.05, 0.1) is 17.9 Å². The summed E-state index contributed by atoms with van der Waals surface area (Å²) in [5, 5.41) is 11.6. The van der Waals surface area contributed by atoms with E-state index in [0.29, 0.717) is 0 Å². The minimum Gasteiger partial charge on any atom is -0.480 e. The molecule has 0 spiro atoms. The fourth-order valence-corrected chi connectivity index (χ4v) is 2.38. The zero-order chi connectivity index (χ0) is 15.9. The average Bonchev–Trinajstić information content (AvgIpc) is 2.46. The molecule has 0 saturated carbocycles. The molecule has 1 aromatic heterocycles. The van der Waals surface area contributed by atoms with Crippen LogP contribution in [0.15, 0.2) is 12.1 Å². The number of aliphatic carboxylic acids is 1. The number of aromatic nitrogens is 1. The van der Waals surface area contributed by atoms with E-state index in [9.17, 15) is 18.4 Å². The van der Waals surface area contributed by atoms with Gasteiger partial charge in [0.1, 0.15) is 19.0 Å². The third-order valence-electron chi connectivity index (χ3n) is 3.28. The number of ketones is 1. The van der Waals surface area contributed by atoms with Gasteiger partial charge in [-0.25, -0.2) is 13.8 Å². The van der Waals surface area contributed by atoms with Gasteiger partial charge in [-0.2, -0.15) is 0 Å². The molecule has 6 nitrogen and oxygen atoms in total. The first-order valence-electron chi connectivity index (χ1n) is 6.35. The second-order valence-corrected chi connectivity index (χ2v) is 4.76. The number of nitrogens with zero attached hydrogens (tertiary/aromatic N) is 1. The molecule has 0 bridgehead atoms. The number of rotatable bonds is 3. The van der Waals surface area contributed by atoms with Gasteiger partial charge in [0, 0.05) is 10.8 Å². The second kappa shape index (κ2) is 5.30. The van der Waals surface area contributed by atoms with Gasteiger partial charge in [0.25, 0.3) is 0 Å². The molecular weight excluding hydrogens is 298 g/mol. The SMILES string of the molecule is O=C(O)CNc1nc2c(c3cc(F)c(F)cc13)C(=O)COC2. The third-order valence-corrected chi connectivity index (χ3v) is 3.28. The summed E-state index contributed by atoms with van der Waals surface area (Å²) in [7, 11) is 0. The first-order chi connectivity index (χ1) is 10.5. The number of hydrogen-bond donors (Lipinski definition) is 2. The Hall–Kier alpha value is -2.61. The van der Waals surface area contributed by atoms with Gasteiger partial charge >= 0.3 is 5.97 Å². The lowest BCUT2D eigenvalue weighted by molar-refractivity contribution is -0.134. The highest BCUT2D eigenvalue weighted by Gasteiger charge is 2.25. The quantitative estimate of drug-likeness (QED) is 0.897. The molecule has 8 heteroatoms. The zero-order valence-electron chi connectivity index (χ0n) is 11.2. The van der Waals surface area contributed by atoms with Crippen LogP contribution < -0.4 is 5.32 Å². The summed E-state index contributed by atoms with van der Waals surface area (Å²) in [6.45, 7) is -0.572. The van der Waals surface area contributed by atoms with E-state index in [0.717, 1.165) is 12.1 Å². The van der Waals surface area contributed by atoms with Crippen LogP contribution in [0.25, 0.3) is 10.8 Å². The number of nitrogens with one attached hydrogen (secondary N) is 1. The van der Waals surface area contributed by atoms with E-state index in [1.165, 1.54) is 0 Å². The summed E-state index contributed by atoms with van der Waals surface area (Å²) >= 11 is 0. The molecule has 114 valence electrons. The maximum Gasteiger partial charge on any atom is 0.322 e. The molecule has 3 rings (SSSR count). The number of carbonyl (C=O) groups excluding carboxylic acids is 1. The van der Waals surface area contributed by atoms with E-state index in [4.69, 9.17) is 9.84 Å². The highest BCUT2D eigenvalue weighted by Crippen LogP contribution is 2.31. The standard InChI is InChI=1S/C14H10F2N2O4/c15-8-1-6-7(2-9(8)16)14(17-3-12(20)21)18-10-4-22-5-11(19)13(6)10/h1-2H,3-5H2,(H,17,18)(H,20,21). The molecule has 1 aliphatic heterocycles. The Bertz CT molecular complexity index is 807. The maximum absolute atomic E-state index is 13.5. The molecule has 2 N–H and O–H groups in total. The molecular formula is C14H10F2N2O4. The third kappa shape index (κ3) is 2.37. The zero-order valence-corrected chi connectivity index (χ0v) is 11.2. The van der Waals surface area contributed by atoms with Crippen molar-refractivity contribution in [3.8, 4) is 0 Å². The number of ether oxygens (including phenoxy) is 1.